The molecule has 1 saturated heterocycles. The fraction of sp³-hybridized carbons (Fsp3) is 0.538. The second-order valence-electron chi connectivity index (χ2n) is 4.74. The molecule has 0 spiro atoms. The maximum atomic E-state index is 12.7. The lowest BCUT2D eigenvalue weighted by Gasteiger charge is -2.30. The maximum Gasteiger partial charge on any atom is 0.244 e. The Morgan fingerprint density at radius 2 is 2.05 bits per heavy atom. The number of nitrogens with zero attached hydrogens (tertiary/aromatic N) is 1. The van der Waals surface area contributed by atoms with Crippen LogP contribution in [-0.4, -0.2) is 39.0 Å². The number of hydrogen-bond acceptors (Lipinski definition) is 3. The van der Waals surface area contributed by atoms with Crippen molar-refractivity contribution >= 4 is 37.6 Å². The minimum atomic E-state index is -3.48. The Kier molecular flexibility index (Phi) is 5.48. The van der Waals surface area contributed by atoms with Crippen molar-refractivity contribution in [2.24, 2.45) is 0 Å². The van der Waals surface area contributed by atoms with Crippen molar-refractivity contribution in [2.75, 3.05) is 20.2 Å². The van der Waals surface area contributed by atoms with E-state index in [1.807, 2.05) is 6.07 Å². The van der Waals surface area contributed by atoms with Gasteiger partial charge in [0.25, 0.3) is 0 Å². The summed E-state index contributed by atoms with van der Waals surface area (Å²) in [7, 11) is -1.82. The summed E-state index contributed by atoms with van der Waals surface area (Å²) in [4.78, 5) is 0.284. The molecule has 1 fully saturated rings. The van der Waals surface area contributed by atoms with Crippen LogP contribution in [0.25, 0.3) is 0 Å². The highest BCUT2D eigenvalue weighted by molar-refractivity contribution is 9.10. The summed E-state index contributed by atoms with van der Waals surface area (Å²) >= 11 is 9.10. The van der Waals surface area contributed by atoms with Gasteiger partial charge in [0.1, 0.15) is 0 Å². The molecular weight excluding hydrogens is 366 g/mol. The second kappa shape index (κ2) is 6.75. The van der Waals surface area contributed by atoms with Crippen molar-refractivity contribution in [3.8, 4) is 0 Å². The Hall–Kier alpha value is -0.140. The summed E-state index contributed by atoms with van der Waals surface area (Å²) in [6, 6.07) is 5.18. The van der Waals surface area contributed by atoms with Crippen LogP contribution in [0.1, 0.15) is 18.4 Å². The molecule has 0 aromatic heterocycles. The SMILES string of the molecule is COC1CCN(S(=O)(=O)c2cc(CCl)ccc2Br)CC1. The van der Waals surface area contributed by atoms with Crippen molar-refractivity contribution in [1.29, 1.82) is 0 Å². The van der Waals surface area contributed by atoms with Gasteiger partial charge in [-0.2, -0.15) is 4.31 Å². The number of piperidine rings is 1. The van der Waals surface area contributed by atoms with E-state index >= 15 is 0 Å². The van der Waals surface area contributed by atoms with E-state index in [1.165, 1.54) is 4.31 Å². The van der Waals surface area contributed by atoms with Gasteiger partial charge in [-0.3, -0.25) is 0 Å². The molecule has 1 aromatic rings. The first kappa shape index (κ1) is 16.2. The van der Waals surface area contributed by atoms with Crippen LogP contribution >= 0.6 is 27.5 Å². The minimum absolute atomic E-state index is 0.152. The Balaban J connectivity index is 2.27. The summed E-state index contributed by atoms with van der Waals surface area (Å²) < 4.78 is 32.7. The van der Waals surface area contributed by atoms with Crippen molar-refractivity contribution < 1.29 is 13.2 Å². The van der Waals surface area contributed by atoms with Gasteiger partial charge in [0, 0.05) is 30.6 Å². The van der Waals surface area contributed by atoms with Crippen molar-refractivity contribution in [1.82, 2.24) is 4.31 Å². The first-order valence-corrected chi connectivity index (χ1v) is 9.13. The molecule has 0 atom stereocenters. The zero-order valence-electron chi connectivity index (χ0n) is 11.2. The first-order chi connectivity index (χ1) is 9.48. The van der Waals surface area contributed by atoms with Crippen LogP contribution in [0.2, 0.25) is 0 Å². The zero-order chi connectivity index (χ0) is 14.8. The molecule has 1 aromatic carbocycles. The average molecular weight is 383 g/mol. The van der Waals surface area contributed by atoms with E-state index in [4.69, 9.17) is 16.3 Å². The fourth-order valence-corrected chi connectivity index (χ4v) is 4.89. The predicted octanol–water partition coefficient (Wildman–Crippen LogP) is 2.99. The normalized spacial score (nSPS) is 18.4. The molecule has 0 saturated carbocycles. The van der Waals surface area contributed by atoms with E-state index in [1.54, 1.807) is 19.2 Å². The predicted molar refractivity (Wildman–Crippen MR) is 82.5 cm³/mol. The van der Waals surface area contributed by atoms with Gasteiger partial charge < -0.3 is 4.74 Å². The maximum absolute atomic E-state index is 12.7. The molecule has 0 radical (unpaired) electrons. The van der Waals surface area contributed by atoms with Crippen LogP contribution in [0.15, 0.2) is 27.6 Å². The Bertz CT molecular complexity index is 571. The number of sulfonamides is 1. The number of rotatable bonds is 4. The van der Waals surface area contributed by atoms with Gasteiger partial charge in [0.05, 0.1) is 11.0 Å². The molecule has 7 heteroatoms. The van der Waals surface area contributed by atoms with Crippen molar-refractivity contribution in [3.05, 3.63) is 28.2 Å². The lowest BCUT2D eigenvalue weighted by Crippen LogP contribution is -2.40. The third kappa shape index (κ3) is 3.36. The highest BCUT2D eigenvalue weighted by Gasteiger charge is 2.30. The van der Waals surface area contributed by atoms with Crippen LogP contribution < -0.4 is 0 Å². The van der Waals surface area contributed by atoms with Crippen molar-refractivity contribution in [2.45, 2.75) is 29.7 Å². The largest absolute Gasteiger partial charge is 0.381 e. The number of methoxy groups -OCH3 is 1. The van der Waals surface area contributed by atoms with Crippen LogP contribution in [-0.2, 0) is 20.6 Å². The first-order valence-electron chi connectivity index (χ1n) is 6.36. The molecule has 20 heavy (non-hydrogen) atoms. The summed E-state index contributed by atoms with van der Waals surface area (Å²) in [5, 5.41) is 0. The molecule has 0 amide bonds. The summed E-state index contributed by atoms with van der Waals surface area (Å²) in [6.45, 7) is 0.969. The van der Waals surface area contributed by atoms with Gasteiger partial charge in [-0.1, -0.05) is 6.07 Å². The van der Waals surface area contributed by atoms with Crippen molar-refractivity contribution in [3.63, 3.8) is 0 Å². The van der Waals surface area contributed by atoms with Crippen LogP contribution in [0, 0.1) is 0 Å². The van der Waals surface area contributed by atoms with Gasteiger partial charge in [0.15, 0.2) is 0 Å². The highest BCUT2D eigenvalue weighted by Crippen LogP contribution is 2.29. The fourth-order valence-electron chi connectivity index (χ4n) is 2.28. The van der Waals surface area contributed by atoms with Gasteiger partial charge >= 0.3 is 0 Å². The lowest BCUT2D eigenvalue weighted by atomic mass is 10.1. The third-order valence-electron chi connectivity index (χ3n) is 3.50. The van der Waals surface area contributed by atoms with Gasteiger partial charge in [0.2, 0.25) is 10.0 Å². The molecule has 112 valence electrons. The number of benzene rings is 1. The minimum Gasteiger partial charge on any atom is -0.381 e. The van der Waals surface area contributed by atoms with E-state index in [-0.39, 0.29) is 11.0 Å². The summed E-state index contributed by atoms with van der Waals surface area (Å²) in [5.74, 6) is 0.293. The van der Waals surface area contributed by atoms with E-state index in [9.17, 15) is 8.42 Å². The topological polar surface area (TPSA) is 46.6 Å². The van der Waals surface area contributed by atoms with E-state index in [2.05, 4.69) is 15.9 Å². The van der Waals surface area contributed by atoms with Gasteiger partial charge in [-0.15, -0.1) is 11.6 Å². The molecule has 0 N–H and O–H groups in total. The van der Waals surface area contributed by atoms with Gasteiger partial charge in [-0.25, -0.2) is 8.42 Å². The van der Waals surface area contributed by atoms with E-state index in [0.717, 1.165) is 18.4 Å². The molecular formula is C13H17BrClNO3S. The van der Waals surface area contributed by atoms with E-state index < -0.39 is 10.0 Å². The Labute approximate surface area is 133 Å². The number of hydrogen-bond donors (Lipinski definition) is 0. The van der Waals surface area contributed by atoms with Gasteiger partial charge in [-0.05, 0) is 46.5 Å². The molecule has 1 aliphatic heterocycles. The number of alkyl halides is 1. The number of ether oxygens (including phenoxy) is 1. The molecule has 1 heterocycles. The zero-order valence-corrected chi connectivity index (χ0v) is 14.3. The second-order valence-corrected chi connectivity index (χ2v) is 7.77. The molecule has 0 aliphatic carbocycles. The monoisotopic (exact) mass is 381 g/mol. The summed E-state index contributed by atoms with van der Waals surface area (Å²) in [6.07, 6.45) is 1.60. The third-order valence-corrected chi connectivity index (χ3v) is 6.70. The quantitative estimate of drug-likeness (QED) is 0.752. The van der Waals surface area contributed by atoms with Crippen LogP contribution in [0.4, 0.5) is 0 Å². The van der Waals surface area contributed by atoms with Crippen LogP contribution in [0.5, 0.6) is 0 Å². The summed E-state index contributed by atoms with van der Waals surface area (Å²) in [5.41, 5.74) is 0.792. The average Bonchev–Trinajstić information content (AvgIpc) is 2.47. The Morgan fingerprint density at radius 3 is 2.60 bits per heavy atom. The smallest absolute Gasteiger partial charge is 0.244 e. The van der Waals surface area contributed by atoms with Crippen LogP contribution in [0.3, 0.4) is 0 Å². The number of halogens is 2. The highest BCUT2D eigenvalue weighted by atomic mass is 79.9. The lowest BCUT2D eigenvalue weighted by molar-refractivity contribution is 0.0604. The standard InChI is InChI=1S/C13H17BrClNO3S/c1-19-11-4-6-16(7-5-11)20(17,18)13-8-10(9-15)2-3-12(13)14/h2-3,8,11H,4-7,9H2,1H3. The molecule has 0 bridgehead atoms. The molecule has 0 unspecified atom stereocenters. The molecule has 2 rings (SSSR count). The molecule has 1 aliphatic rings. The van der Waals surface area contributed by atoms with E-state index in [0.29, 0.717) is 23.4 Å². The Morgan fingerprint density at radius 1 is 1.40 bits per heavy atom. The molecule has 4 nitrogen and oxygen atoms in total.